The highest BCUT2D eigenvalue weighted by Crippen LogP contribution is 2.33. The maximum Gasteiger partial charge on any atom is 0.338 e. The fourth-order valence-electron chi connectivity index (χ4n) is 6.06. The summed E-state index contributed by atoms with van der Waals surface area (Å²) < 4.78 is 5.90. The molecular weight excluding hydrogens is 428 g/mol. The van der Waals surface area contributed by atoms with Gasteiger partial charge in [0.2, 0.25) is 0 Å². The van der Waals surface area contributed by atoms with Crippen molar-refractivity contribution in [2.75, 3.05) is 0 Å². The first-order chi connectivity index (χ1) is 17.2. The molecule has 1 fully saturated rings. The van der Waals surface area contributed by atoms with Gasteiger partial charge in [0.1, 0.15) is 6.10 Å². The third-order valence-electron chi connectivity index (χ3n) is 8.51. The maximum atomic E-state index is 12.7. The van der Waals surface area contributed by atoms with Gasteiger partial charge in [0.15, 0.2) is 0 Å². The van der Waals surface area contributed by atoms with Gasteiger partial charge in [0.05, 0.1) is 5.56 Å². The quantitative estimate of drug-likeness (QED) is 0.184. The zero-order valence-electron chi connectivity index (χ0n) is 22.9. The van der Waals surface area contributed by atoms with Crippen LogP contribution in [0.4, 0.5) is 0 Å². The Balaban J connectivity index is 1.34. The average Bonchev–Trinajstić information content (AvgIpc) is 2.90. The number of hydrogen-bond acceptors (Lipinski definition) is 2. The number of hydrogen-bond donors (Lipinski definition) is 0. The first-order valence-electron chi connectivity index (χ1n) is 15.2. The minimum absolute atomic E-state index is 0.110. The van der Waals surface area contributed by atoms with Gasteiger partial charge in [-0.1, -0.05) is 109 Å². The molecule has 0 radical (unpaired) electrons. The molecule has 0 aliphatic heterocycles. The van der Waals surface area contributed by atoms with Gasteiger partial charge in [-0.3, -0.25) is 0 Å². The SMILES string of the molecule is CCCCCCCC[C@H]1CC[C@H](OC(=O)c2ccc(C3=CCC(CCCCCC)CC3)cc2)CC1. The average molecular weight is 481 g/mol. The van der Waals surface area contributed by atoms with Crippen LogP contribution in [-0.4, -0.2) is 12.1 Å². The molecule has 1 atom stereocenters. The first kappa shape index (κ1) is 28.0. The molecule has 0 amide bonds. The van der Waals surface area contributed by atoms with E-state index in [0.29, 0.717) is 5.56 Å². The predicted molar refractivity (Wildman–Crippen MR) is 150 cm³/mol. The van der Waals surface area contributed by atoms with E-state index >= 15 is 0 Å². The highest BCUT2D eigenvalue weighted by Gasteiger charge is 2.24. The van der Waals surface area contributed by atoms with Gasteiger partial charge < -0.3 is 4.74 Å². The second-order valence-corrected chi connectivity index (χ2v) is 11.4. The molecule has 1 aromatic rings. The molecule has 196 valence electrons. The Morgan fingerprint density at radius 1 is 0.743 bits per heavy atom. The monoisotopic (exact) mass is 480 g/mol. The molecule has 0 N–H and O–H groups in total. The van der Waals surface area contributed by atoms with Crippen LogP contribution in [0.5, 0.6) is 0 Å². The molecular formula is C33H52O2. The van der Waals surface area contributed by atoms with Crippen LogP contribution in [0.15, 0.2) is 30.3 Å². The van der Waals surface area contributed by atoms with Gasteiger partial charge in [0, 0.05) is 0 Å². The Kier molecular flexibility index (Phi) is 13.0. The number of allylic oxidation sites excluding steroid dienone is 2. The van der Waals surface area contributed by atoms with E-state index in [4.69, 9.17) is 4.74 Å². The zero-order valence-corrected chi connectivity index (χ0v) is 22.9. The van der Waals surface area contributed by atoms with E-state index in [1.807, 2.05) is 12.1 Å². The first-order valence-corrected chi connectivity index (χ1v) is 15.2. The van der Waals surface area contributed by atoms with E-state index in [-0.39, 0.29) is 12.1 Å². The second-order valence-electron chi connectivity index (χ2n) is 11.4. The highest BCUT2D eigenvalue weighted by atomic mass is 16.5. The highest BCUT2D eigenvalue weighted by molar-refractivity contribution is 5.90. The lowest BCUT2D eigenvalue weighted by Crippen LogP contribution is -2.24. The Morgan fingerprint density at radius 2 is 1.34 bits per heavy atom. The molecule has 0 heterocycles. The van der Waals surface area contributed by atoms with Gasteiger partial charge in [0.25, 0.3) is 0 Å². The van der Waals surface area contributed by atoms with Crippen LogP contribution < -0.4 is 0 Å². The van der Waals surface area contributed by atoms with Gasteiger partial charge in [-0.15, -0.1) is 0 Å². The largest absolute Gasteiger partial charge is 0.459 e. The van der Waals surface area contributed by atoms with Crippen LogP contribution in [0.3, 0.4) is 0 Å². The Hall–Kier alpha value is -1.57. The molecule has 1 unspecified atom stereocenters. The van der Waals surface area contributed by atoms with Crippen LogP contribution in [0.2, 0.25) is 0 Å². The molecule has 2 nitrogen and oxygen atoms in total. The molecule has 1 aromatic carbocycles. The van der Waals surface area contributed by atoms with Crippen molar-refractivity contribution >= 4 is 11.5 Å². The summed E-state index contributed by atoms with van der Waals surface area (Å²) in [5.74, 6) is 1.57. The number of carbonyl (C=O) groups excluding carboxylic acids is 1. The number of esters is 1. The van der Waals surface area contributed by atoms with Crippen molar-refractivity contribution in [3.8, 4) is 0 Å². The predicted octanol–water partition coefficient (Wildman–Crippen LogP) is 10.3. The molecule has 2 heteroatoms. The summed E-state index contributed by atoms with van der Waals surface area (Å²) in [6, 6.07) is 8.20. The molecule has 1 saturated carbocycles. The van der Waals surface area contributed by atoms with E-state index in [1.54, 1.807) is 0 Å². The van der Waals surface area contributed by atoms with Crippen LogP contribution >= 0.6 is 0 Å². The number of unbranched alkanes of at least 4 members (excludes halogenated alkanes) is 8. The van der Waals surface area contributed by atoms with Crippen molar-refractivity contribution in [3.63, 3.8) is 0 Å². The number of benzene rings is 1. The second kappa shape index (κ2) is 16.2. The standard InChI is InChI=1S/C33H52O2/c1-3-5-7-9-10-12-14-28-17-25-32(26-18-28)35-33(34)31-23-21-30(22-24-31)29-19-15-27(16-20-29)13-11-8-6-4-2/h19,21-24,27-28,32H,3-18,20,25-26H2,1-2H3/t27?,28-,32-. The van der Waals surface area contributed by atoms with Crippen LogP contribution in [-0.2, 0) is 4.74 Å². The molecule has 0 bridgehead atoms. The topological polar surface area (TPSA) is 26.3 Å². The summed E-state index contributed by atoms with van der Waals surface area (Å²) in [6.45, 7) is 4.56. The fraction of sp³-hybridized carbons (Fsp3) is 0.727. The van der Waals surface area contributed by atoms with Gasteiger partial charge in [-0.05, 0) is 80.1 Å². The van der Waals surface area contributed by atoms with Gasteiger partial charge >= 0.3 is 5.97 Å². The smallest absolute Gasteiger partial charge is 0.338 e. The van der Waals surface area contributed by atoms with E-state index in [0.717, 1.165) is 24.7 Å². The zero-order chi connectivity index (χ0) is 24.7. The molecule has 35 heavy (non-hydrogen) atoms. The molecule has 0 saturated heterocycles. The van der Waals surface area contributed by atoms with E-state index < -0.39 is 0 Å². The van der Waals surface area contributed by atoms with Crippen molar-refractivity contribution in [2.24, 2.45) is 11.8 Å². The minimum atomic E-state index is -0.138. The summed E-state index contributed by atoms with van der Waals surface area (Å²) in [7, 11) is 0. The molecule has 0 spiro atoms. The number of carbonyl (C=O) groups is 1. The van der Waals surface area contributed by atoms with Crippen LogP contribution in [0.25, 0.3) is 5.57 Å². The third kappa shape index (κ3) is 10.1. The Labute approximate surface area is 216 Å². The third-order valence-corrected chi connectivity index (χ3v) is 8.51. The van der Waals surface area contributed by atoms with Crippen molar-refractivity contribution in [1.82, 2.24) is 0 Å². The van der Waals surface area contributed by atoms with Crippen LogP contribution in [0, 0.1) is 11.8 Å². The van der Waals surface area contributed by atoms with E-state index in [1.165, 1.54) is 120 Å². The van der Waals surface area contributed by atoms with E-state index in [9.17, 15) is 4.79 Å². The lowest BCUT2D eigenvalue weighted by atomic mass is 9.83. The minimum Gasteiger partial charge on any atom is -0.459 e. The van der Waals surface area contributed by atoms with Gasteiger partial charge in [-0.2, -0.15) is 0 Å². The number of ether oxygens (including phenoxy) is 1. The number of rotatable bonds is 15. The summed E-state index contributed by atoms with van der Waals surface area (Å²) >= 11 is 0. The Morgan fingerprint density at radius 3 is 1.97 bits per heavy atom. The van der Waals surface area contributed by atoms with E-state index in [2.05, 4.69) is 32.1 Å². The summed E-state index contributed by atoms with van der Waals surface area (Å²) in [4.78, 5) is 12.7. The molecule has 2 aliphatic rings. The maximum absolute atomic E-state index is 12.7. The molecule has 0 aromatic heterocycles. The van der Waals surface area contributed by atoms with Gasteiger partial charge in [-0.25, -0.2) is 4.79 Å². The van der Waals surface area contributed by atoms with Crippen molar-refractivity contribution < 1.29 is 9.53 Å². The summed E-state index contributed by atoms with van der Waals surface area (Å²) in [5, 5.41) is 0. The van der Waals surface area contributed by atoms with Crippen molar-refractivity contribution in [3.05, 3.63) is 41.5 Å². The Bertz CT molecular complexity index is 739. The van der Waals surface area contributed by atoms with Crippen LogP contribution in [0.1, 0.15) is 152 Å². The fourth-order valence-corrected chi connectivity index (χ4v) is 6.06. The lowest BCUT2D eigenvalue weighted by Gasteiger charge is -2.28. The molecule has 3 rings (SSSR count). The lowest BCUT2D eigenvalue weighted by molar-refractivity contribution is 0.0161. The summed E-state index contributed by atoms with van der Waals surface area (Å²) in [6.07, 6.45) is 27.3. The summed E-state index contributed by atoms with van der Waals surface area (Å²) in [5.41, 5.74) is 3.44. The van der Waals surface area contributed by atoms with Crippen molar-refractivity contribution in [2.45, 2.75) is 142 Å². The normalized spacial score (nSPS) is 22.6. The molecule has 2 aliphatic carbocycles. The van der Waals surface area contributed by atoms with Crippen molar-refractivity contribution in [1.29, 1.82) is 0 Å².